The first-order chi connectivity index (χ1) is 16.3. The van der Waals surface area contributed by atoms with E-state index in [1.54, 1.807) is 7.11 Å². The number of aliphatic hydroxyl groups is 3. The van der Waals surface area contributed by atoms with Crippen molar-refractivity contribution in [2.24, 2.45) is 5.92 Å². The average Bonchev–Trinajstić information content (AvgIpc) is 3.17. The van der Waals surface area contributed by atoms with Gasteiger partial charge in [0.25, 0.3) is 0 Å². The van der Waals surface area contributed by atoms with Crippen molar-refractivity contribution in [2.75, 3.05) is 20.7 Å². The fourth-order valence-corrected chi connectivity index (χ4v) is 6.81. The lowest BCUT2D eigenvalue weighted by atomic mass is 9.53. The summed E-state index contributed by atoms with van der Waals surface area (Å²) >= 11 is 0. The number of methoxy groups -OCH3 is 1. The van der Waals surface area contributed by atoms with Gasteiger partial charge in [0.15, 0.2) is 23.9 Å². The molecule has 6 rings (SSSR count). The molecule has 0 radical (unpaired) electrons. The minimum atomic E-state index is -1.77. The Morgan fingerprint density at radius 1 is 1.18 bits per heavy atom. The van der Waals surface area contributed by atoms with Gasteiger partial charge in [0.2, 0.25) is 0 Å². The van der Waals surface area contributed by atoms with Gasteiger partial charge in [-0.15, -0.1) is 0 Å². The molecule has 1 aromatic rings. The number of rotatable bonds is 4. The molecule has 0 aromatic heterocycles. The van der Waals surface area contributed by atoms with Crippen LogP contribution in [0.15, 0.2) is 24.3 Å². The summed E-state index contributed by atoms with van der Waals surface area (Å²) in [6.45, 7) is 0.881. The van der Waals surface area contributed by atoms with Crippen LogP contribution in [0.3, 0.4) is 0 Å². The van der Waals surface area contributed by atoms with Crippen LogP contribution >= 0.6 is 0 Å². The summed E-state index contributed by atoms with van der Waals surface area (Å²) in [6, 6.07) is 4.32. The second kappa shape index (κ2) is 7.64. The van der Waals surface area contributed by atoms with Gasteiger partial charge in [-0.3, -0.25) is 0 Å². The molecule has 5 aliphatic rings. The van der Waals surface area contributed by atoms with Crippen LogP contribution in [0.2, 0.25) is 0 Å². The standard InChI is InChI=1S/C24H29NO9/c1-25-8-7-24-11-4-6-14(32-23-18(28)16(26)17(27)20(34-23)22(29)30)21(24)33-19-13(31-2)5-3-10(15(19)24)9-12(11)25/h3-6,11-12,14,16-18,20-21,23,26-28H,7-9H2,1-2H3,(H,29,30)/t11-,12-,14-,16+,17-,18+,20-,21-,23+,24-/m0/s1. The summed E-state index contributed by atoms with van der Waals surface area (Å²) in [5.41, 5.74) is 2.00. The number of carbonyl (C=O) groups is 1. The summed E-state index contributed by atoms with van der Waals surface area (Å²) in [6.07, 6.45) is -3.69. The van der Waals surface area contributed by atoms with Crippen LogP contribution in [0.4, 0.5) is 0 Å². The molecule has 1 aromatic carbocycles. The highest BCUT2D eigenvalue weighted by Crippen LogP contribution is 2.62. The van der Waals surface area contributed by atoms with Crippen molar-refractivity contribution in [1.82, 2.24) is 4.90 Å². The Morgan fingerprint density at radius 2 is 1.97 bits per heavy atom. The lowest BCUT2D eigenvalue weighted by Gasteiger charge is -2.57. The highest BCUT2D eigenvalue weighted by atomic mass is 16.7. The summed E-state index contributed by atoms with van der Waals surface area (Å²) in [7, 11) is 3.75. The van der Waals surface area contributed by atoms with E-state index in [2.05, 4.69) is 24.1 Å². The van der Waals surface area contributed by atoms with Gasteiger partial charge in [-0.05, 0) is 38.1 Å². The second-order valence-corrected chi connectivity index (χ2v) is 9.96. The van der Waals surface area contributed by atoms with E-state index in [4.69, 9.17) is 18.9 Å². The van der Waals surface area contributed by atoms with Crippen LogP contribution < -0.4 is 9.47 Å². The van der Waals surface area contributed by atoms with Crippen LogP contribution in [0.25, 0.3) is 0 Å². The van der Waals surface area contributed by atoms with Gasteiger partial charge in [0.1, 0.15) is 30.5 Å². The monoisotopic (exact) mass is 475 g/mol. The van der Waals surface area contributed by atoms with Gasteiger partial charge >= 0.3 is 5.97 Å². The SMILES string of the molecule is COc1ccc2c3c1O[C@H]1[C@@H](O[C@@H]4O[C@H](C(=O)O)[C@@H](O)[C@@H](O)[C@H]4O)C=C[C@H]4[C@H](C2)N(C)CC[C@@]341. The van der Waals surface area contributed by atoms with Crippen molar-refractivity contribution in [3.63, 3.8) is 0 Å². The van der Waals surface area contributed by atoms with Gasteiger partial charge in [-0.25, -0.2) is 4.79 Å². The lowest BCUT2D eigenvalue weighted by Crippen LogP contribution is -2.66. The fourth-order valence-electron chi connectivity index (χ4n) is 6.81. The zero-order valence-electron chi connectivity index (χ0n) is 18.9. The summed E-state index contributed by atoms with van der Waals surface area (Å²) < 4.78 is 23.7. The molecule has 184 valence electrons. The highest BCUT2D eigenvalue weighted by Gasteiger charge is 2.65. The summed E-state index contributed by atoms with van der Waals surface area (Å²) in [5, 5.41) is 40.1. The molecule has 2 saturated heterocycles. The third-order valence-corrected chi connectivity index (χ3v) is 8.44. The molecule has 3 heterocycles. The fraction of sp³-hybridized carbons (Fsp3) is 0.625. The molecule has 2 bridgehead atoms. The van der Waals surface area contributed by atoms with E-state index < -0.39 is 48.9 Å². The molecule has 4 N–H and O–H groups in total. The molecule has 1 spiro atoms. The predicted octanol–water partition coefficient (Wildman–Crippen LogP) is -0.582. The van der Waals surface area contributed by atoms with E-state index in [0.717, 1.165) is 24.9 Å². The Bertz CT molecular complexity index is 1050. The number of aliphatic carboxylic acids is 1. The quantitative estimate of drug-likeness (QED) is 0.418. The number of nitrogens with zero attached hydrogens (tertiary/aromatic N) is 1. The number of benzene rings is 1. The van der Waals surface area contributed by atoms with Crippen molar-refractivity contribution in [3.05, 3.63) is 35.4 Å². The van der Waals surface area contributed by atoms with Crippen LogP contribution in [-0.4, -0.2) is 101 Å². The lowest BCUT2D eigenvalue weighted by molar-refractivity contribution is -0.307. The molecule has 0 amide bonds. The summed E-state index contributed by atoms with van der Waals surface area (Å²) in [4.78, 5) is 13.9. The Kier molecular flexibility index (Phi) is 5.01. The van der Waals surface area contributed by atoms with E-state index in [-0.39, 0.29) is 11.3 Å². The zero-order chi connectivity index (χ0) is 23.9. The number of piperidine rings is 1. The topological polar surface area (TPSA) is 138 Å². The van der Waals surface area contributed by atoms with Crippen LogP contribution in [0, 0.1) is 5.92 Å². The van der Waals surface area contributed by atoms with Gasteiger partial charge in [0, 0.05) is 22.9 Å². The number of likely N-dealkylation sites (N-methyl/N-ethyl adjacent to an activating group) is 1. The average molecular weight is 475 g/mol. The molecular weight excluding hydrogens is 446 g/mol. The first-order valence-electron chi connectivity index (χ1n) is 11.6. The van der Waals surface area contributed by atoms with E-state index in [1.165, 1.54) is 5.56 Å². The number of aliphatic hydroxyl groups excluding tert-OH is 3. The highest BCUT2D eigenvalue weighted by molar-refractivity contribution is 5.73. The first kappa shape index (κ1) is 22.3. The molecule has 10 atom stereocenters. The molecule has 10 heteroatoms. The second-order valence-electron chi connectivity index (χ2n) is 9.96. The number of carboxylic acid groups (broad SMARTS) is 1. The van der Waals surface area contributed by atoms with Gasteiger partial charge < -0.3 is 44.3 Å². The Balaban J connectivity index is 1.39. The third kappa shape index (κ3) is 2.81. The van der Waals surface area contributed by atoms with Crippen molar-refractivity contribution in [1.29, 1.82) is 0 Å². The van der Waals surface area contributed by atoms with Gasteiger partial charge in [-0.1, -0.05) is 18.2 Å². The van der Waals surface area contributed by atoms with Crippen molar-refractivity contribution >= 4 is 5.97 Å². The van der Waals surface area contributed by atoms with Crippen LogP contribution in [0.1, 0.15) is 17.5 Å². The number of ether oxygens (including phenoxy) is 4. The van der Waals surface area contributed by atoms with Gasteiger partial charge in [0.05, 0.1) is 7.11 Å². The smallest absolute Gasteiger partial charge is 0.335 e. The number of hydrogen-bond donors (Lipinski definition) is 4. The molecule has 0 unspecified atom stereocenters. The van der Waals surface area contributed by atoms with Crippen LogP contribution in [0.5, 0.6) is 11.5 Å². The number of carboxylic acids is 1. The van der Waals surface area contributed by atoms with E-state index in [9.17, 15) is 25.2 Å². The van der Waals surface area contributed by atoms with Crippen molar-refractivity contribution < 1.29 is 44.2 Å². The molecule has 34 heavy (non-hydrogen) atoms. The minimum absolute atomic E-state index is 0.188. The zero-order valence-corrected chi connectivity index (χ0v) is 18.9. The molecule has 0 saturated carbocycles. The predicted molar refractivity (Wildman–Crippen MR) is 116 cm³/mol. The van der Waals surface area contributed by atoms with E-state index in [0.29, 0.717) is 17.5 Å². The summed E-state index contributed by atoms with van der Waals surface area (Å²) in [5.74, 6) is 0.0951. The maximum Gasteiger partial charge on any atom is 0.335 e. The van der Waals surface area contributed by atoms with Crippen molar-refractivity contribution in [2.45, 2.75) is 67.2 Å². The number of hydrogen-bond acceptors (Lipinski definition) is 9. The Labute approximate surface area is 196 Å². The Hall–Kier alpha value is -2.21. The molecular formula is C24H29NO9. The molecule has 3 aliphatic heterocycles. The van der Waals surface area contributed by atoms with Crippen LogP contribution in [-0.2, 0) is 26.1 Å². The van der Waals surface area contributed by atoms with E-state index in [1.807, 2.05) is 12.1 Å². The maximum atomic E-state index is 11.5. The Morgan fingerprint density at radius 3 is 2.71 bits per heavy atom. The van der Waals surface area contributed by atoms with Gasteiger partial charge in [-0.2, -0.15) is 0 Å². The minimum Gasteiger partial charge on any atom is -0.493 e. The van der Waals surface area contributed by atoms with Crippen molar-refractivity contribution in [3.8, 4) is 11.5 Å². The molecule has 10 nitrogen and oxygen atoms in total. The number of likely N-dealkylation sites (tertiary alicyclic amines) is 1. The largest absolute Gasteiger partial charge is 0.493 e. The van der Waals surface area contributed by atoms with E-state index >= 15 is 0 Å². The molecule has 2 aliphatic carbocycles. The first-order valence-corrected chi connectivity index (χ1v) is 11.6. The molecule has 2 fully saturated rings. The maximum absolute atomic E-state index is 11.5. The normalized spacial score (nSPS) is 44.3. The third-order valence-electron chi connectivity index (χ3n) is 8.44.